The fraction of sp³-hybridized carbons (Fsp3) is 0.532. The number of alkyl halides is 2. The van der Waals surface area contributed by atoms with Gasteiger partial charge in [0, 0.05) is 105 Å². The summed E-state index contributed by atoms with van der Waals surface area (Å²) in [6.07, 6.45) is 11.8. The Morgan fingerprint density at radius 2 is 1.79 bits per heavy atom. The van der Waals surface area contributed by atoms with Crippen LogP contribution < -0.4 is 10.2 Å². The van der Waals surface area contributed by atoms with E-state index >= 15 is 0 Å². The van der Waals surface area contributed by atoms with E-state index in [0.29, 0.717) is 93.1 Å². The number of nitrogens with zero attached hydrogens (tertiary/aromatic N) is 6. The van der Waals surface area contributed by atoms with E-state index in [0.717, 1.165) is 111 Å². The summed E-state index contributed by atoms with van der Waals surface area (Å²) >= 11 is 0. The van der Waals surface area contributed by atoms with Gasteiger partial charge in [0.2, 0.25) is 6.41 Å². The van der Waals surface area contributed by atoms with Crippen molar-refractivity contribution in [1.29, 1.82) is 5.41 Å². The third-order valence-electron chi connectivity index (χ3n) is 13.0. The zero-order valence-electron chi connectivity index (χ0n) is 36.1. The van der Waals surface area contributed by atoms with E-state index in [1.807, 2.05) is 40.9 Å². The van der Waals surface area contributed by atoms with E-state index in [1.54, 1.807) is 24.2 Å². The van der Waals surface area contributed by atoms with Crippen molar-refractivity contribution in [3.05, 3.63) is 81.3 Å². The van der Waals surface area contributed by atoms with Crippen molar-refractivity contribution in [3.63, 3.8) is 0 Å². The molecule has 7 rings (SSSR count). The van der Waals surface area contributed by atoms with Crippen LogP contribution in [0.4, 0.5) is 14.5 Å². The Morgan fingerprint density at radius 3 is 2.53 bits per heavy atom. The van der Waals surface area contributed by atoms with Gasteiger partial charge in [0.1, 0.15) is 12.1 Å². The lowest BCUT2D eigenvalue weighted by molar-refractivity contribution is -0.118. The fourth-order valence-corrected chi connectivity index (χ4v) is 9.37. The molecule has 1 aromatic heterocycles. The van der Waals surface area contributed by atoms with Gasteiger partial charge in [0.05, 0.1) is 24.3 Å². The first-order valence-corrected chi connectivity index (χ1v) is 22.3. The van der Waals surface area contributed by atoms with Crippen LogP contribution in [0.15, 0.2) is 47.9 Å². The van der Waals surface area contributed by atoms with Crippen LogP contribution in [-0.4, -0.2) is 120 Å². The molecule has 3 aromatic rings. The number of benzene rings is 2. The molecule has 4 aliphatic rings. The number of amidine groups is 1. The first-order valence-electron chi connectivity index (χ1n) is 22.3. The second-order valence-corrected chi connectivity index (χ2v) is 17.1. The Morgan fingerprint density at radius 1 is 0.984 bits per heavy atom. The summed E-state index contributed by atoms with van der Waals surface area (Å²) in [5, 5.41) is 17.6. The highest BCUT2D eigenvalue weighted by molar-refractivity contribution is 6.09. The number of hydrogen-bond donors (Lipinski definition) is 2. The van der Waals surface area contributed by atoms with Crippen LogP contribution >= 0.6 is 0 Å². The van der Waals surface area contributed by atoms with Crippen molar-refractivity contribution in [2.75, 3.05) is 57.9 Å². The molecule has 1 unspecified atom stereocenters. The molecule has 15 heteroatoms. The molecule has 4 aliphatic heterocycles. The lowest BCUT2D eigenvalue weighted by Gasteiger charge is -2.37. The molecule has 332 valence electrons. The molecule has 0 saturated carbocycles. The first kappa shape index (κ1) is 44.8. The number of anilines is 1. The molecule has 0 radical (unpaired) electrons. The summed E-state index contributed by atoms with van der Waals surface area (Å²) in [6, 6.07) is 6.75. The summed E-state index contributed by atoms with van der Waals surface area (Å²) in [6.45, 7) is 7.73. The van der Waals surface area contributed by atoms with Crippen LogP contribution in [0.2, 0.25) is 0 Å². The van der Waals surface area contributed by atoms with Crippen molar-refractivity contribution in [2.24, 2.45) is 0 Å². The van der Waals surface area contributed by atoms with Gasteiger partial charge in [-0.05, 0) is 104 Å². The second kappa shape index (κ2) is 20.7. The monoisotopic (exact) mass is 854 g/mol. The molecule has 0 bridgehead atoms. The minimum Gasteiger partial charge on any atom is -0.385 e. The van der Waals surface area contributed by atoms with Crippen LogP contribution in [-0.2, 0) is 40.3 Å². The van der Waals surface area contributed by atoms with Gasteiger partial charge < -0.3 is 29.5 Å². The maximum absolute atomic E-state index is 14.9. The van der Waals surface area contributed by atoms with E-state index in [-0.39, 0.29) is 23.3 Å². The maximum atomic E-state index is 14.9. The number of amides is 2. The van der Waals surface area contributed by atoms with E-state index in [1.165, 1.54) is 4.90 Å². The summed E-state index contributed by atoms with van der Waals surface area (Å²) in [5.41, 5.74) is 6.98. The summed E-state index contributed by atoms with van der Waals surface area (Å²) in [7, 11) is 1.61. The van der Waals surface area contributed by atoms with Crippen LogP contribution in [0.1, 0.15) is 114 Å². The van der Waals surface area contributed by atoms with Gasteiger partial charge >= 0.3 is 0 Å². The predicted molar refractivity (Wildman–Crippen MR) is 234 cm³/mol. The third-order valence-corrected chi connectivity index (χ3v) is 13.0. The molecular weight excluding hydrogens is 795 g/mol. The predicted octanol–water partition coefficient (Wildman–Crippen LogP) is 6.58. The molecule has 0 spiro atoms. The highest BCUT2D eigenvalue weighted by Crippen LogP contribution is 2.40. The zero-order chi connectivity index (χ0) is 43.8. The van der Waals surface area contributed by atoms with E-state index in [2.05, 4.69) is 15.3 Å². The lowest BCUT2D eigenvalue weighted by atomic mass is 9.92. The van der Waals surface area contributed by atoms with Crippen LogP contribution in [0.3, 0.4) is 0 Å². The number of carbonyl (C=O) groups excluding carboxylic acids is 4. The van der Waals surface area contributed by atoms with Gasteiger partial charge in [-0.2, -0.15) is 5.10 Å². The van der Waals surface area contributed by atoms with Gasteiger partial charge in [-0.25, -0.2) is 8.78 Å². The van der Waals surface area contributed by atoms with Crippen LogP contribution in [0, 0.1) is 5.41 Å². The number of rotatable bonds is 18. The molecule has 1 saturated heterocycles. The molecule has 13 nitrogen and oxygen atoms in total. The highest BCUT2D eigenvalue weighted by Gasteiger charge is 2.31. The number of hydrogen-bond acceptors (Lipinski definition) is 9. The van der Waals surface area contributed by atoms with E-state index in [4.69, 9.17) is 4.74 Å². The number of nitrogens with one attached hydrogen (secondary N) is 2. The average molecular weight is 855 g/mol. The Balaban J connectivity index is 0.971. The Labute approximate surface area is 362 Å². The standard InChI is InChI=1S/C47H60F2N8O5/c1-3-8-38(30-59)53(2)47(61)40-23-34-26-54(17-10-32(34)21-35(40)29-58)14-5-4-6-15-56-27-36(25-51-56)39-22-33-9-7-16-57(44(33)24-41(39)45(48)49)46(50)42-28-55(31-60)18-11-43(42)52-37-12-19-62-20-13-37/h21-25,27,29-31,37-38,45,50,52H,3-20,26,28H2,1-2H3. The molecule has 0 aliphatic carbocycles. The topological polar surface area (TPSA) is 144 Å². The molecule has 2 amide bonds. The third kappa shape index (κ3) is 10.2. The first-order chi connectivity index (χ1) is 30.1. The molecule has 2 aromatic carbocycles. The smallest absolute Gasteiger partial charge is 0.264 e. The van der Waals surface area contributed by atoms with Gasteiger partial charge in [-0.3, -0.25) is 29.4 Å². The van der Waals surface area contributed by atoms with Crippen LogP contribution in [0.5, 0.6) is 0 Å². The quantitative estimate of drug-likeness (QED) is 0.0628. The average Bonchev–Trinajstić information content (AvgIpc) is 3.78. The second-order valence-electron chi connectivity index (χ2n) is 17.1. The fourth-order valence-electron chi connectivity index (χ4n) is 9.37. The number of carbonyl (C=O) groups is 4. The number of aldehydes is 2. The van der Waals surface area contributed by atoms with Crippen molar-refractivity contribution >= 4 is 36.4 Å². The van der Waals surface area contributed by atoms with E-state index in [9.17, 15) is 33.4 Å². The summed E-state index contributed by atoms with van der Waals surface area (Å²) in [4.78, 5) is 56.2. The number of aromatic nitrogens is 2. The Hall–Kier alpha value is -5.28. The number of ether oxygens (including phenoxy) is 1. The Kier molecular flexibility index (Phi) is 15.0. The molecular formula is C47H60F2N8O5. The van der Waals surface area contributed by atoms with Gasteiger partial charge in [-0.15, -0.1) is 0 Å². The largest absolute Gasteiger partial charge is 0.385 e. The van der Waals surface area contributed by atoms with Gasteiger partial charge in [0.15, 0.2) is 6.29 Å². The van der Waals surface area contributed by atoms with Gasteiger partial charge in [0.25, 0.3) is 12.3 Å². The zero-order valence-corrected chi connectivity index (χ0v) is 36.1. The van der Waals surface area contributed by atoms with E-state index < -0.39 is 12.5 Å². The number of fused-ring (bicyclic) bond motifs is 2. The number of likely N-dealkylation sites (N-methyl/N-ethyl adjacent to an activating group) is 1. The molecule has 5 heterocycles. The summed E-state index contributed by atoms with van der Waals surface area (Å²) in [5.74, 6) is -0.0813. The number of aryl methyl sites for hydroxylation is 2. The summed E-state index contributed by atoms with van der Waals surface area (Å²) < 4.78 is 37.1. The van der Waals surface area contributed by atoms with Crippen molar-refractivity contribution < 1.29 is 32.7 Å². The van der Waals surface area contributed by atoms with Crippen molar-refractivity contribution in [3.8, 4) is 11.1 Å². The Bertz CT molecular complexity index is 2150. The SMILES string of the molecule is CCCC(C=O)N(C)C(=O)c1cc2c(cc1C=O)CCN(CCCCCn1cc(-c3cc4c(cc3C(F)F)N(C(=N)C3=C(NC5CCOCC5)CCN(C=O)C3)CCC4)cn1)C2. The van der Waals surface area contributed by atoms with Gasteiger partial charge in [-0.1, -0.05) is 19.8 Å². The number of unbranched alkanes of at least 4 members (excludes halogenated alkanes) is 2. The minimum atomic E-state index is -2.73. The molecule has 1 atom stereocenters. The molecule has 62 heavy (non-hydrogen) atoms. The van der Waals surface area contributed by atoms with Crippen molar-refractivity contribution in [1.82, 2.24) is 29.8 Å². The van der Waals surface area contributed by atoms with Crippen LogP contribution in [0.25, 0.3) is 11.1 Å². The highest BCUT2D eigenvalue weighted by atomic mass is 19.3. The lowest BCUT2D eigenvalue weighted by Crippen LogP contribution is -2.45. The number of halogens is 2. The normalized spacial score (nSPS) is 17.7. The minimum absolute atomic E-state index is 0.0913. The van der Waals surface area contributed by atoms with Crippen molar-refractivity contribution in [2.45, 2.75) is 109 Å². The maximum Gasteiger partial charge on any atom is 0.264 e. The molecule has 1 fully saturated rings. The molecule has 2 N–H and O–H groups in total.